The van der Waals surface area contributed by atoms with Gasteiger partial charge in [0, 0.05) is 18.8 Å². The Bertz CT molecular complexity index is 1200. The quantitative estimate of drug-likeness (QED) is 0.542. The summed E-state index contributed by atoms with van der Waals surface area (Å²) in [6, 6.07) is 8.10. The van der Waals surface area contributed by atoms with Gasteiger partial charge in [-0.15, -0.1) is 0 Å². The van der Waals surface area contributed by atoms with Crippen molar-refractivity contribution in [2.24, 2.45) is 5.92 Å². The first kappa shape index (κ1) is 23.2. The van der Waals surface area contributed by atoms with Crippen molar-refractivity contribution < 1.29 is 23.8 Å². The van der Waals surface area contributed by atoms with E-state index in [1.807, 2.05) is 13.0 Å². The number of amides is 1. The van der Waals surface area contributed by atoms with Crippen molar-refractivity contribution in [3.05, 3.63) is 77.1 Å². The zero-order valence-electron chi connectivity index (χ0n) is 19.2. The van der Waals surface area contributed by atoms with Gasteiger partial charge in [0.1, 0.15) is 5.82 Å². The molecule has 2 aromatic carbocycles. The second-order valence-electron chi connectivity index (χ2n) is 8.18. The minimum absolute atomic E-state index is 0.0511. The molecule has 8 heteroatoms. The molecule has 1 amide bonds. The van der Waals surface area contributed by atoms with Crippen LogP contribution in [0.4, 0.5) is 4.39 Å². The number of carbonyl (C=O) groups is 1. The van der Waals surface area contributed by atoms with Gasteiger partial charge in [0.15, 0.2) is 11.5 Å². The summed E-state index contributed by atoms with van der Waals surface area (Å²) in [6.07, 6.45) is 6.92. The summed E-state index contributed by atoms with van der Waals surface area (Å²) in [7, 11) is 2.94. The number of aromatic hydroxyl groups is 1. The van der Waals surface area contributed by atoms with E-state index in [2.05, 4.69) is 15.3 Å². The summed E-state index contributed by atoms with van der Waals surface area (Å²) in [6.45, 7) is 2.30. The molecule has 0 saturated heterocycles. The van der Waals surface area contributed by atoms with Crippen LogP contribution in [0.5, 0.6) is 17.2 Å². The number of nitrogens with zero attached hydrogens (tertiary/aromatic N) is 2. The van der Waals surface area contributed by atoms with E-state index in [1.54, 1.807) is 36.8 Å². The first-order chi connectivity index (χ1) is 16.4. The summed E-state index contributed by atoms with van der Waals surface area (Å²) in [5.74, 6) is -0.236. The first-order valence-corrected chi connectivity index (χ1v) is 10.9. The molecule has 3 aromatic rings. The van der Waals surface area contributed by atoms with Gasteiger partial charge in [-0.3, -0.25) is 14.8 Å². The van der Waals surface area contributed by atoms with Crippen molar-refractivity contribution in [3.8, 4) is 17.2 Å². The smallest absolute Gasteiger partial charge is 0.220 e. The molecule has 2 unspecified atom stereocenters. The number of phenolic OH excluding ortho intramolecular Hbond substituents is 1. The fraction of sp³-hybridized carbons (Fsp3) is 0.269. The SMILES string of the molecule is COc1cc(/C=C2\c3ccc(F)cc3C(CC(=O)NCc3cnccn3)C2C)cc(OC)c1O. The van der Waals surface area contributed by atoms with Crippen molar-refractivity contribution in [2.45, 2.75) is 25.8 Å². The van der Waals surface area contributed by atoms with Crippen LogP contribution in [-0.4, -0.2) is 35.2 Å². The van der Waals surface area contributed by atoms with Crippen molar-refractivity contribution in [1.29, 1.82) is 0 Å². The second-order valence-corrected chi connectivity index (χ2v) is 8.18. The Morgan fingerprint density at radius 2 is 1.91 bits per heavy atom. The Labute approximate surface area is 197 Å². The van der Waals surface area contributed by atoms with Crippen LogP contribution >= 0.6 is 0 Å². The first-order valence-electron chi connectivity index (χ1n) is 10.9. The maximum atomic E-state index is 14.2. The van der Waals surface area contributed by atoms with Crippen LogP contribution in [0.15, 0.2) is 48.9 Å². The molecule has 2 N–H and O–H groups in total. The van der Waals surface area contributed by atoms with Gasteiger partial charge in [-0.25, -0.2) is 4.39 Å². The van der Waals surface area contributed by atoms with Crippen LogP contribution in [0.25, 0.3) is 11.6 Å². The molecule has 1 heterocycles. The van der Waals surface area contributed by atoms with Gasteiger partial charge in [0.05, 0.1) is 32.7 Å². The summed E-state index contributed by atoms with van der Waals surface area (Å²) in [4.78, 5) is 20.9. The highest BCUT2D eigenvalue weighted by molar-refractivity contribution is 5.89. The standard InChI is InChI=1S/C26H26FN3O4/c1-15-20(8-16-9-23(33-2)26(32)24(10-16)34-3)19-5-4-17(27)11-22(19)21(15)12-25(31)30-14-18-13-28-6-7-29-18/h4-11,13,15,21,32H,12,14H2,1-3H3,(H,30,31)/b20-8-. The molecule has 7 nitrogen and oxygen atoms in total. The van der Waals surface area contributed by atoms with Gasteiger partial charge in [-0.05, 0) is 58.4 Å². The Balaban J connectivity index is 1.63. The number of aromatic nitrogens is 2. The Morgan fingerprint density at radius 3 is 2.56 bits per heavy atom. The maximum Gasteiger partial charge on any atom is 0.220 e. The molecule has 1 aromatic heterocycles. The maximum absolute atomic E-state index is 14.2. The number of allylic oxidation sites excluding steroid dienone is 1. The van der Waals surface area contributed by atoms with E-state index in [-0.39, 0.29) is 53.8 Å². The van der Waals surface area contributed by atoms with E-state index >= 15 is 0 Å². The Hall–Kier alpha value is -3.94. The lowest BCUT2D eigenvalue weighted by molar-refractivity contribution is -0.121. The van der Waals surface area contributed by atoms with Crippen LogP contribution in [-0.2, 0) is 11.3 Å². The molecule has 0 saturated carbocycles. The molecule has 0 radical (unpaired) electrons. The molecule has 0 spiro atoms. The highest BCUT2D eigenvalue weighted by Crippen LogP contribution is 2.49. The topological polar surface area (TPSA) is 93.6 Å². The number of ether oxygens (including phenoxy) is 2. The average Bonchev–Trinajstić information content (AvgIpc) is 3.09. The minimum atomic E-state index is -0.342. The Kier molecular flexibility index (Phi) is 6.77. The lowest BCUT2D eigenvalue weighted by atomic mass is 9.88. The molecule has 34 heavy (non-hydrogen) atoms. The largest absolute Gasteiger partial charge is 0.502 e. The number of phenols is 1. The molecule has 2 atom stereocenters. The third-order valence-electron chi connectivity index (χ3n) is 6.13. The van der Waals surface area contributed by atoms with Gasteiger partial charge in [0.2, 0.25) is 11.7 Å². The van der Waals surface area contributed by atoms with Crippen LogP contribution in [0.3, 0.4) is 0 Å². The summed E-state index contributed by atoms with van der Waals surface area (Å²) in [5, 5.41) is 13.1. The van der Waals surface area contributed by atoms with Gasteiger partial charge in [-0.2, -0.15) is 0 Å². The molecular weight excluding hydrogens is 437 g/mol. The number of carbonyl (C=O) groups excluding carboxylic acids is 1. The van der Waals surface area contributed by atoms with Crippen molar-refractivity contribution in [1.82, 2.24) is 15.3 Å². The lowest BCUT2D eigenvalue weighted by Gasteiger charge is -2.17. The number of nitrogens with one attached hydrogen (secondary N) is 1. The van der Waals surface area contributed by atoms with E-state index < -0.39 is 0 Å². The van der Waals surface area contributed by atoms with E-state index in [9.17, 15) is 14.3 Å². The average molecular weight is 464 g/mol. The number of halogens is 1. The molecule has 1 aliphatic carbocycles. The third kappa shape index (κ3) is 4.71. The minimum Gasteiger partial charge on any atom is -0.502 e. The van der Waals surface area contributed by atoms with E-state index in [4.69, 9.17) is 9.47 Å². The molecule has 0 bridgehead atoms. The highest BCUT2D eigenvalue weighted by atomic mass is 19.1. The van der Waals surface area contributed by atoms with Crippen LogP contribution in [0.1, 0.15) is 41.6 Å². The van der Waals surface area contributed by atoms with Crippen molar-refractivity contribution >= 4 is 17.6 Å². The van der Waals surface area contributed by atoms with Crippen molar-refractivity contribution in [2.75, 3.05) is 14.2 Å². The molecular formula is C26H26FN3O4. The molecule has 4 rings (SSSR count). The van der Waals surface area contributed by atoms with E-state index in [0.29, 0.717) is 5.69 Å². The van der Waals surface area contributed by atoms with Crippen LogP contribution in [0, 0.1) is 11.7 Å². The van der Waals surface area contributed by atoms with E-state index in [0.717, 1.165) is 22.3 Å². The summed E-state index contributed by atoms with van der Waals surface area (Å²) < 4.78 is 24.7. The number of fused-ring (bicyclic) bond motifs is 1. The fourth-order valence-electron chi connectivity index (χ4n) is 4.39. The number of rotatable bonds is 7. The number of hydrogen-bond acceptors (Lipinski definition) is 6. The normalized spacial score (nSPS) is 17.9. The summed E-state index contributed by atoms with van der Waals surface area (Å²) in [5.41, 5.74) is 4.09. The van der Waals surface area contributed by atoms with Gasteiger partial charge in [-0.1, -0.05) is 19.1 Å². The van der Waals surface area contributed by atoms with Gasteiger partial charge >= 0.3 is 0 Å². The Morgan fingerprint density at radius 1 is 1.18 bits per heavy atom. The zero-order chi connectivity index (χ0) is 24.2. The van der Waals surface area contributed by atoms with Crippen LogP contribution in [0.2, 0.25) is 0 Å². The molecule has 176 valence electrons. The monoisotopic (exact) mass is 463 g/mol. The van der Waals surface area contributed by atoms with E-state index in [1.165, 1.54) is 26.4 Å². The molecule has 1 aliphatic rings. The molecule has 0 fully saturated rings. The number of methoxy groups -OCH3 is 2. The van der Waals surface area contributed by atoms with Crippen LogP contribution < -0.4 is 14.8 Å². The molecule has 0 aliphatic heterocycles. The lowest BCUT2D eigenvalue weighted by Crippen LogP contribution is -2.25. The predicted molar refractivity (Wildman–Crippen MR) is 126 cm³/mol. The number of benzene rings is 2. The van der Waals surface area contributed by atoms with Crippen molar-refractivity contribution in [3.63, 3.8) is 0 Å². The number of hydrogen-bond donors (Lipinski definition) is 2. The predicted octanol–water partition coefficient (Wildman–Crippen LogP) is 4.32. The fourth-order valence-corrected chi connectivity index (χ4v) is 4.39. The van der Waals surface area contributed by atoms with Gasteiger partial charge < -0.3 is 19.9 Å². The zero-order valence-corrected chi connectivity index (χ0v) is 19.2. The van der Waals surface area contributed by atoms with Gasteiger partial charge in [0.25, 0.3) is 0 Å². The summed E-state index contributed by atoms with van der Waals surface area (Å²) >= 11 is 0. The highest BCUT2D eigenvalue weighted by Gasteiger charge is 2.35. The third-order valence-corrected chi connectivity index (χ3v) is 6.13. The second kappa shape index (κ2) is 9.91.